The Hall–Kier alpha value is -3.07. The van der Waals surface area contributed by atoms with Gasteiger partial charge in [0.05, 0.1) is 0 Å². The average Bonchev–Trinajstić information content (AvgIpc) is 2.67. The van der Waals surface area contributed by atoms with Crippen molar-refractivity contribution < 1.29 is 9.15 Å². The third-order valence-corrected chi connectivity index (χ3v) is 4.57. The zero-order chi connectivity index (χ0) is 19.9. The van der Waals surface area contributed by atoms with Gasteiger partial charge in [0.2, 0.25) is 0 Å². The van der Waals surface area contributed by atoms with Crippen LogP contribution >= 0.6 is 0 Å². The van der Waals surface area contributed by atoms with Gasteiger partial charge in [-0.05, 0) is 62.9 Å². The molecule has 0 amide bonds. The van der Waals surface area contributed by atoms with E-state index in [4.69, 9.17) is 9.15 Å². The summed E-state index contributed by atoms with van der Waals surface area (Å²) in [4.78, 5) is 12.0. The molecule has 0 fully saturated rings. The van der Waals surface area contributed by atoms with Crippen molar-refractivity contribution in [2.75, 3.05) is 6.61 Å². The summed E-state index contributed by atoms with van der Waals surface area (Å²) in [6.45, 7) is 6.84. The van der Waals surface area contributed by atoms with Gasteiger partial charge in [-0.3, -0.25) is 0 Å². The highest BCUT2D eigenvalue weighted by molar-refractivity contribution is 5.93. The van der Waals surface area contributed by atoms with E-state index in [1.807, 2.05) is 42.5 Å². The molecule has 28 heavy (non-hydrogen) atoms. The molecule has 0 N–H and O–H groups in total. The zero-order valence-electron chi connectivity index (χ0n) is 16.7. The third kappa shape index (κ3) is 5.23. The summed E-state index contributed by atoms with van der Waals surface area (Å²) in [7, 11) is 0. The Bertz CT molecular complexity index is 1050. The van der Waals surface area contributed by atoms with Gasteiger partial charge in [-0.15, -0.1) is 0 Å². The first-order chi connectivity index (χ1) is 13.5. The minimum absolute atomic E-state index is 0.362. The van der Waals surface area contributed by atoms with Crippen molar-refractivity contribution in [2.45, 2.75) is 33.6 Å². The van der Waals surface area contributed by atoms with Crippen molar-refractivity contribution >= 4 is 11.0 Å². The van der Waals surface area contributed by atoms with Gasteiger partial charge in [-0.1, -0.05) is 47.6 Å². The lowest BCUT2D eigenvalue weighted by molar-refractivity contribution is 0.361. The number of allylic oxidation sites excluding steroid dienone is 3. The molecule has 3 nitrogen and oxygen atoms in total. The van der Waals surface area contributed by atoms with Crippen LogP contribution in [0.4, 0.5) is 0 Å². The number of benzene rings is 2. The van der Waals surface area contributed by atoms with E-state index in [0.717, 1.165) is 29.4 Å². The first-order valence-corrected chi connectivity index (χ1v) is 9.58. The predicted octanol–water partition coefficient (Wildman–Crippen LogP) is 6.53. The molecule has 0 aliphatic carbocycles. The fraction of sp³-hybridized carbons (Fsp3) is 0.240. The lowest BCUT2D eigenvalue weighted by Gasteiger charge is -2.08. The Kier molecular flexibility index (Phi) is 6.49. The van der Waals surface area contributed by atoms with Crippen LogP contribution in [0.15, 0.2) is 87.1 Å². The first kappa shape index (κ1) is 19.7. The molecule has 0 spiro atoms. The molecule has 0 aliphatic rings. The minimum atomic E-state index is -0.362. The van der Waals surface area contributed by atoms with Gasteiger partial charge < -0.3 is 9.15 Å². The molecule has 3 heteroatoms. The summed E-state index contributed by atoms with van der Waals surface area (Å²) >= 11 is 0. The lowest BCUT2D eigenvalue weighted by atomic mass is 10.0. The second kappa shape index (κ2) is 9.23. The number of ether oxygens (including phenoxy) is 1. The molecule has 0 radical (unpaired) electrons. The molecule has 0 saturated heterocycles. The van der Waals surface area contributed by atoms with Crippen LogP contribution in [-0.2, 0) is 0 Å². The predicted molar refractivity (Wildman–Crippen MR) is 116 cm³/mol. The van der Waals surface area contributed by atoms with Crippen LogP contribution in [0.3, 0.4) is 0 Å². The Morgan fingerprint density at radius 2 is 1.79 bits per heavy atom. The fourth-order valence-corrected chi connectivity index (χ4v) is 3.06. The summed E-state index contributed by atoms with van der Waals surface area (Å²) in [6, 6.07) is 17.0. The molecular weight excluding hydrogens is 348 g/mol. The van der Waals surface area contributed by atoms with Crippen molar-refractivity contribution in [3.05, 3.63) is 88.3 Å². The summed E-state index contributed by atoms with van der Waals surface area (Å²) in [5.41, 5.74) is 4.68. The second-order valence-corrected chi connectivity index (χ2v) is 7.18. The van der Waals surface area contributed by atoms with Crippen LogP contribution in [0.1, 0.15) is 33.6 Å². The van der Waals surface area contributed by atoms with E-state index in [2.05, 4.69) is 32.9 Å². The Labute approximate surface area is 166 Å². The van der Waals surface area contributed by atoms with Crippen molar-refractivity contribution in [1.82, 2.24) is 0 Å². The quantitative estimate of drug-likeness (QED) is 0.348. The normalized spacial score (nSPS) is 11.5. The standard InChI is InChI=1S/C25H26O3/c1-18(2)8-7-9-19(3)14-15-27-21-12-13-22-23(20-10-5-4-6-11-20)17-25(26)28-24(22)16-21/h4-6,8,10-14,16-17H,7,9,15H2,1-3H3. The molecule has 0 saturated carbocycles. The summed E-state index contributed by atoms with van der Waals surface area (Å²) < 4.78 is 11.3. The van der Waals surface area contributed by atoms with Gasteiger partial charge in [-0.2, -0.15) is 0 Å². The van der Waals surface area contributed by atoms with Gasteiger partial charge >= 0.3 is 5.63 Å². The van der Waals surface area contributed by atoms with Crippen LogP contribution in [0.25, 0.3) is 22.1 Å². The van der Waals surface area contributed by atoms with Crippen LogP contribution in [-0.4, -0.2) is 6.61 Å². The maximum Gasteiger partial charge on any atom is 0.336 e. The molecule has 3 aromatic rings. The van der Waals surface area contributed by atoms with E-state index < -0.39 is 0 Å². The van der Waals surface area contributed by atoms with E-state index in [0.29, 0.717) is 17.9 Å². The lowest BCUT2D eigenvalue weighted by Crippen LogP contribution is -1.99. The fourth-order valence-electron chi connectivity index (χ4n) is 3.06. The monoisotopic (exact) mass is 374 g/mol. The zero-order valence-corrected chi connectivity index (χ0v) is 16.7. The highest BCUT2D eigenvalue weighted by atomic mass is 16.5. The molecule has 1 aromatic heterocycles. The Morgan fingerprint density at radius 3 is 2.54 bits per heavy atom. The number of rotatable bonds is 7. The van der Waals surface area contributed by atoms with Crippen LogP contribution in [0.2, 0.25) is 0 Å². The average molecular weight is 374 g/mol. The van der Waals surface area contributed by atoms with Gasteiger partial charge in [-0.25, -0.2) is 4.79 Å². The van der Waals surface area contributed by atoms with Gasteiger partial charge in [0, 0.05) is 17.5 Å². The van der Waals surface area contributed by atoms with Crippen LogP contribution in [0.5, 0.6) is 5.75 Å². The smallest absolute Gasteiger partial charge is 0.336 e. The largest absolute Gasteiger partial charge is 0.489 e. The molecule has 0 unspecified atom stereocenters. The molecule has 1 heterocycles. The summed E-state index contributed by atoms with van der Waals surface area (Å²) in [5, 5.41) is 0.895. The number of hydrogen-bond acceptors (Lipinski definition) is 3. The highest BCUT2D eigenvalue weighted by Crippen LogP contribution is 2.29. The number of fused-ring (bicyclic) bond motifs is 1. The van der Waals surface area contributed by atoms with E-state index in [1.54, 1.807) is 6.07 Å². The summed E-state index contributed by atoms with van der Waals surface area (Å²) in [5.74, 6) is 0.689. The maximum absolute atomic E-state index is 12.0. The van der Waals surface area contributed by atoms with Gasteiger partial charge in [0.15, 0.2) is 0 Å². The topological polar surface area (TPSA) is 39.4 Å². The Balaban J connectivity index is 1.76. The van der Waals surface area contributed by atoms with Crippen molar-refractivity contribution in [3.8, 4) is 16.9 Å². The van der Waals surface area contributed by atoms with Crippen molar-refractivity contribution in [2.24, 2.45) is 0 Å². The van der Waals surface area contributed by atoms with Crippen molar-refractivity contribution in [1.29, 1.82) is 0 Å². The summed E-state index contributed by atoms with van der Waals surface area (Å²) in [6.07, 6.45) is 6.42. The molecule has 144 valence electrons. The van der Waals surface area contributed by atoms with E-state index in [-0.39, 0.29) is 5.63 Å². The highest BCUT2D eigenvalue weighted by Gasteiger charge is 2.08. The van der Waals surface area contributed by atoms with Gasteiger partial charge in [0.25, 0.3) is 0 Å². The Morgan fingerprint density at radius 1 is 1.00 bits per heavy atom. The molecule has 0 bridgehead atoms. The van der Waals surface area contributed by atoms with E-state index in [1.165, 1.54) is 17.2 Å². The van der Waals surface area contributed by atoms with Crippen LogP contribution < -0.4 is 10.4 Å². The van der Waals surface area contributed by atoms with Gasteiger partial charge in [0.1, 0.15) is 17.9 Å². The maximum atomic E-state index is 12.0. The molecule has 2 aromatic carbocycles. The molecule has 0 aliphatic heterocycles. The molecule has 3 rings (SSSR count). The first-order valence-electron chi connectivity index (χ1n) is 9.58. The van der Waals surface area contributed by atoms with E-state index in [9.17, 15) is 4.79 Å². The molecule has 0 atom stereocenters. The molecular formula is C25H26O3. The van der Waals surface area contributed by atoms with Crippen molar-refractivity contribution in [3.63, 3.8) is 0 Å². The second-order valence-electron chi connectivity index (χ2n) is 7.18. The minimum Gasteiger partial charge on any atom is -0.489 e. The SMILES string of the molecule is CC(C)=CCCC(C)=CCOc1ccc2c(-c3ccccc3)cc(=O)oc2c1. The number of hydrogen-bond donors (Lipinski definition) is 0. The van der Waals surface area contributed by atoms with Crippen LogP contribution in [0, 0.1) is 0 Å². The van der Waals surface area contributed by atoms with E-state index >= 15 is 0 Å². The third-order valence-electron chi connectivity index (χ3n) is 4.57.